The van der Waals surface area contributed by atoms with Gasteiger partial charge in [0.2, 0.25) is 0 Å². The lowest BCUT2D eigenvalue weighted by Crippen LogP contribution is -2.48. The number of nitrogens with one attached hydrogen (secondary N) is 1. The Labute approximate surface area is 170 Å². The van der Waals surface area contributed by atoms with Crippen LogP contribution in [0.15, 0.2) is 42.5 Å². The Morgan fingerprint density at radius 2 is 1.76 bits per heavy atom. The van der Waals surface area contributed by atoms with Crippen LogP contribution in [0, 0.1) is 10.1 Å². The molecule has 2 aromatic carbocycles. The lowest BCUT2D eigenvalue weighted by Gasteiger charge is -2.36. The van der Waals surface area contributed by atoms with Crippen LogP contribution in [0.25, 0.3) is 0 Å². The van der Waals surface area contributed by atoms with Gasteiger partial charge in [0.1, 0.15) is 11.4 Å². The van der Waals surface area contributed by atoms with Crippen molar-refractivity contribution in [1.29, 1.82) is 0 Å². The van der Waals surface area contributed by atoms with Crippen molar-refractivity contribution < 1.29 is 14.5 Å². The highest BCUT2D eigenvalue weighted by molar-refractivity contribution is 5.94. The number of benzene rings is 2. The van der Waals surface area contributed by atoms with E-state index in [9.17, 15) is 14.9 Å². The average molecular weight is 398 g/mol. The minimum Gasteiger partial charge on any atom is -0.491 e. The van der Waals surface area contributed by atoms with Gasteiger partial charge in [-0.25, -0.2) is 0 Å². The maximum atomic E-state index is 12.8. The zero-order valence-electron chi connectivity index (χ0n) is 16.9. The van der Waals surface area contributed by atoms with Gasteiger partial charge in [0.05, 0.1) is 11.0 Å². The molecule has 0 unspecified atom stereocenters. The fraction of sp³-hybridized carbons (Fsp3) is 0.381. The summed E-state index contributed by atoms with van der Waals surface area (Å²) in [7, 11) is 1.67. The molecule has 154 valence electrons. The van der Waals surface area contributed by atoms with Crippen molar-refractivity contribution in [3.05, 3.63) is 58.1 Å². The minimum atomic E-state index is -0.399. The average Bonchev–Trinajstić information content (AvgIpc) is 2.73. The molecule has 8 nitrogen and oxygen atoms in total. The second-order valence-corrected chi connectivity index (χ2v) is 7.18. The quantitative estimate of drug-likeness (QED) is 0.593. The first-order valence-corrected chi connectivity index (χ1v) is 9.66. The number of ether oxygens (including phenoxy) is 1. The number of hydrogen-bond donors (Lipinski definition) is 1. The third-order valence-corrected chi connectivity index (χ3v) is 4.85. The maximum Gasteiger partial charge on any atom is 0.292 e. The van der Waals surface area contributed by atoms with Crippen LogP contribution in [-0.4, -0.2) is 55.1 Å². The number of nitrogens with zero attached hydrogens (tertiary/aromatic N) is 3. The van der Waals surface area contributed by atoms with E-state index in [1.165, 1.54) is 6.07 Å². The van der Waals surface area contributed by atoms with Gasteiger partial charge in [-0.2, -0.15) is 0 Å². The molecular formula is C21H26N4O4. The number of piperazine rings is 1. The van der Waals surface area contributed by atoms with E-state index in [2.05, 4.69) is 10.2 Å². The number of anilines is 2. The highest BCUT2D eigenvalue weighted by atomic mass is 16.6. The molecule has 0 spiro atoms. The molecule has 0 aliphatic carbocycles. The highest BCUT2D eigenvalue weighted by Crippen LogP contribution is 2.29. The fourth-order valence-electron chi connectivity index (χ4n) is 3.38. The molecule has 0 saturated carbocycles. The van der Waals surface area contributed by atoms with Gasteiger partial charge < -0.3 is 19.9 Å². The molecule has 1 saturated heterocycles. The number of hydrogen-bond acceptors (Lipinski definition) is 6. The Morgan fingerprint density at radius 3 is 2.31 bits per heavy atom. The number of nitro groups is 1. The van der Waals surface area contributed by atoms with Crippen LogP contribution in [-0.2, 0) is 0 Å². The lowest BCUT2D eigenvalue weighted by atomic mass is 10.1. The zero-order chi connectivity index (χ0) is 21.0. The molecule has 2 aromatic rings. The van der Waals surface area contributed by atoms with Crippen LogP contribution >= 0.6 is 0 Å². The summed E-state index contributed by atoms with van der Waals surface area (Å²) in [5, 5.41) is 14.0. The SMILES string of the molecule is CNc1cc(N2CCN(C(=O)c3ccc(OC(C)C)cc3)CC2)ccc1[N+](=O)[O-]. The van der Waals surface area contributed by atoms with Crippen LogP contribution in [0.1, 0.15) is 24.2 Å². The number of carbonyl (C=O) groups is 1. The highest BCUT2D eigenvalue weighted by Gasteiger charge is 2.23. The number of carbonyl (C=O) groups excluding carboxylic acids is 1. The monoisotopic (exact) mass is 398 g/mol. The van der Waals surface area contributed by atoms with E-state index in [-0.39, 0.29) is 17.7 Å². The van der Waals surface area contributed by atoms with Crippen molar-refractivity contribution >= 4 is 23.0 Å². The smallest absolute Gasteiger partial charge is 0.292 e. The normalized spacial score (nSPS) is 14.1. The molecule has 0 radical (unpaired) electrons. The standard InChI is InChI=1S/C21H26N4O4/c1-15(2)29-18-7-4-16(5-8-18)21(26)24-12-10-23(11-13-24)17-6-9-20(25(27)28)19(14-17)22-3/h4-9,14-15,22H,10-13H2,1-3H3. The van der Waals surface area contributed by atoms with Crippen LogP contribution < -0.4 is 15.0 Å². The maximum absolute atomic E-state index is 12.8. The first kappa shape index (κ1) is 20.4. The topological polar surface area (TPSA) is 88.0 Å². The molecule has 8 heteroatoms. The van der Waals surface area contributed by atoms with Crippen molar-refractivity contribution in [3.8, 4) is 5.75 Å². The second kappa shape index (κ2) is 8.81. The molecular weight excluding hydrogens is 372 g/mol. The molecule has 0 atom stereocenters. The predicted octanol–water partition coefficient (Wildman–Crippen LogP) is 3.39. The Kier molecular flexibility index (Phi) is 6.21. The van der Waals surface area contributed by atoms with Crippen LogP contribution in [0.3, 0.4) is 0 Å². The fourth-order valence-corrected chi connectivity index (χ4v) is 3.38. The van der Waals surface area contributed by atoms with Gasteiger partial charge in [-0.3, -0.25) is 14.9 Å². The van der Waals surface area contributed by atoms with E-state index < -0.39 is 4.92 Å². The molecule has 29 heavy (non-hydrogen) atoms. The summed E-state index contributed by atoms with van der Waals surface area (Å²) in [5.41, 5.74) is 2.08. The van der Waals surface area contributed by atoms with E-state index in [1.807, 2.05) is 30.9 Å². The first-order valence-electron chi connectivity index (χ1n) is 9.66. The van der Waals surface area contributed by atoms with Crippen molar-refractivity contribution in [2.45, 2.75) is 20.0 Å². The van der Waals surface area contributed by atoms with Gasteiger partial charge in [-0.1, -0.05) is 0 Å². The van der Waals surface area contributed by atoms with Gasteiger partial charge in [0.25, 0.3) is 11.6 Å². The van der Waals surface area contributed by atoms with Crippen LogP contribution in [0.5, 0.6) is 5.75 Å². The summed E-state index contributed by atoms with van der Waals surface area (Å²) < 4.78 is 5.62. The number of rotatable bonds is 6. The molecule has 0 aromatic heterocycles. The Balaban J connectivity index is 1.63. The van der Waals surface area contributed by atoms with Gasteiger partial charge in [-0.15, -0.1) is 0 Å². The van der Waals surface area contributed by atoms with Crippen molar-refractivity contribution in [1.82, 2.24) is 4.90 Å². The molecule has 1 amide bonds. The number of nitro benzene ring substituents is 1. The van der Waals surface area contributed by atoms with Gasteiger partial charge in [0, 0.05) is 50.5 Å². The third kappa shape index (κ3) is 4.77. The second-order valence-electron chi connectivity index (χ2n) is 7.18. The molecule has 0 bridgehead atoms. The van der Waals surface area contributed by atoms with Crippen molar-refractivity contribution in [2.24, 2.45) is 0 Å². The largest absolute Gasteiger partial charge is 0.491 e. The summed E-state index contributed by atoms with van der Waals surface area (Å²) in [6.07, 6.45) is 0.0903. The lowest BCUT2D eigenvalue weighted by molar-refractivity contribution is -0.383. The Bertz CT molecular complexity index is 875. The molecule has 3 rings (SSSR count). The zero-order valence-corrected chi connectivity index (χ0v) is 16.9. The van der Waals surface area contributed by atoms with E-state index in [1.54, 1.807) is 31.3 Å². The molecule has 1 fully saturated rings. The molecule has 1 N–H and O–H groups in total. The Hall–Kier alpha value is -3.29. The predicted molar refractivity (Wildman–Crippen MR) is 113 cm³/mol. The van der Waals surface area contributed by atoms with Crippen molar-refractivity contribution in [2.75, 3.05) is 43.4 Å². The van der Waals surface area contributed by atoms with Gasteiger partial charge >= 0.3 is 0 Å². The number of amides is 1. The Morgan fingerprint density at radius 1 is 1.10 bits per heavy atom. The third-order valence-electron chi connectivity index (χ3n) is 4.85. The summed E-state index contributed by atoms with van der Waals surface area (Å²) in [6, 6.07) is 12.3. The summed E-state index contributed by atoms with van der Waals surface area (Å²) in [4.78, 5) is 27.4. The summed E-state index contributed by atoms with van der Waals surface area (Å²) in [5.74, 6) is 0.750. The first-order chi connectivity index (χ1) is 13.9. The van der Waals surface area contributed by atoms with Crippen molar-refractivity contribution in [3.63, 3.8) is 0 Å². The molecule has 1 aliphatic heterocycles. The van der Waals surface area contributed by atoms with Gasteiger partial charge in [0.15, 0.2) is 0 Å². The van der Waals surface area contributed by atoms with Crippen LogP contribution in [0.2, 0.25) is 0 Å². The van der Waals surface area contributed by atoms with Gasteiger partial charge in [-0.05, 0) is 50.2 Å². The summed E-state index contributed by atoms with van der Waals surface area (Å²) in [6.45, 7) is 6.44. The molecule has 1 aliphatic rings. The van der Waals surface area contributed by atoms with E-state index >= 15 is 0 Å². The van der Waals surface area contributed by atoms with E-state index in [4.69, 9.17) is 4.74 Å². The van der Waals surface area contributed by atoms with Crippen LogP contribution in [0.4, 0.5) is 17.1 Å². The van der Waals surface area contributed by atoms with E-state index in [0.717, 1.165) is 11.4 Å². The molecule has 1 heterocycles. The minimum absolute atomic E-state index is 0.000334. The van der Waals surface area contributed by atoms with E-state index in [0.29, 0.717) is 37.4 Å². The summed E-state index contributed by atoms with van der Waals surface area (Å²) >= 11 is 0.